The van der Waals surface area contributed by atoms with E-state index in [9.17, 15) is 4.79 Å². The van der Waals surface area contributed by atoms with Crippen LogP contribution in [0.5, 0.6) is 0 Å². The normalized spacial score (nSPS) is 29.9. The molecule has 26 heavy (non-hydrogen) atoms. The Labute approximate surface area is 169 Å². The number of fused-ring (bicyclic) bond motifs is 3. The minimum absolute atomic E-state index is 0. The molecule has 2 fully saturated rings. The van der Waals surface area contributed by atoms with Gasteiger partial charge in [-0.25, -0.2) is 0 Å². The maximum Gasteiger partial charge on any atom is 0.223 e. The number of carbonyl (C=O) groups is 1. The molecule has 0 aliphatic carbocycles. The molecule has 3 atom stereocenters. The highest BCUT2D eigenvalue weighted by Crippen LogP contribution is 2.34. The molecule has 2 bridgehead atoms. The van der Waals surface area contributed by atoms with Gasteiger partial charge in [0.15, 0.2) is 0 Å². The van der Waals surface area contributed by atoms with Crippen LogP contribution < -0.4 is 10.2 Å². The molecule has 4 rings (SSSR count). The molecule has 2 saturated heterocycles. The van der Waals surface area contributed by atoms with Gasteiger partial charge in [-0.2, -0.15) is 0 Å². The number of anilines is 1. The van der Waals surface area contributed by atoms with Crippen LogP contribution in [0.15, 0.2) is 24.3 Å². The summed E-state index contributed by atoms with van der Waals surface area (Å²) < 4.78 is 0. The van der Waals surface area contributed by atoms with E-state index in [0.29, 0.717) is 23.9 Å². The molecule has 0 spiro atoms. The molecule has 146 valence electrons. The van der Waals surface area contributed by atoms with Gasteiger partial charge < -0.3 is 15.1 Å². The van der Waals surface area contributed by atoms with Crippen molar-refractivity contribution in [1.82, 2.24) is 10.2 Å². The van der Waals surface area contributed by atoms with Crippen LogP contribution >= 0.6 is 24.8 Å². The van der Waals surface area contributed by atoms with Crippen molar-refractivity contribution < 1.29 is 4.79 Å². The number of rotatable bonds is 2. The highest BCUT2D eigenvalue weighted by Gasteiger charge is 2.36. The summed E-state index contributed by atoms with van der Waals surface area (Å²) in [5.74, 6) is 0.915. The van der Waals surface area contributed by atoms with E-state index in [1.54, 1.807) is 0 Å². The number of hydrogen-bond donors (Lipinski definition) is 1. The van der Waals surface area contributed by atoms with E-state index in [-0.39, 0.29) is 30.9 Å². The molecule has 1 aromatic rings. The first-order valence-electron chi connectivity index (χ1n) is 9.44. The van der Waals surface area contributed by atoms with Crippen molar-refractivity contribution in [3.05, 3.63) is 29.8 Å². The molecule has 3 unspecified atom stereocenters. The number of halogens is 2. The molecular weight excluding hydrogens is 369 g/mol. The monoisotopic (exact) mass is 399 g/mol. The topological polar surface area (TPSA) is 35.6 Å². The van der Waals surface area contributed by atoms with Crippen LogP contribution in [0.4, 0.5) is 5.69 Å². The Morgan fingerprint density at radius 2 is 1.81 bits per heavy atom. The first-order chi connectivity index (χ1) is 11.6. The highest BCUT2D eigenvalue weighted by molar-refractivity contribution is 5.85. The van der Waals surface area contributed by atoms with Crippen LogP contribution in [0.1, 0.15) is 44.6 Å². The highest BCUT2D eigenvalue weighted by atomic mass is 35.5. The Kier molecular flexibility index (Phi) is 7.23. The maximum atomic E-state index is 13.1. The van der Waals surface area contributed by atoms with Gasteiger partial charge in [0.2, 0.25) is 5.91 Å². The van der Waals surface area contributed by atoms with Gasteiger partial charge in [-0.3, -0.25) is 4.79 Å². The Balaban J connectivity index is 0.00000121. The molecule has 1 N–H and O–H groups in total. The summed E-state index contributed by atoms with van der Waals surface area (Å²) in [4.78, 5) is 17.5. The van der Waals surface area contributed by atoms with Gasteiger partial charge in [0, 0.05) is 50.4 Å². The van der Waals surface area contributed by atoms with E-state index < -0.39 is 0 Å². The fourth-order valence-corrected chi connectivity index (χ4v) is 4.99. The number of nitrogens with zero attached hydrogens (tertiary/aromatic N) is 2. The van der Waals surface area contributed by atoms with Crippen LogP contribution in [0.2, 0.25) is 0 Å². The lowest BCUT2D eigenvalue weighted by molar-refractivity contribution is -0.134. The van der Waals surface area contributed by atoms with E-state index in [1.807, 2.05) is 0 Å². The first kappa shape index (κ1) is 21.3. The van der Waals surface area contributed by atoms with Gasteiger partial charge in [0.1, 0.15) is 0 Å². The Bertz CT molecular complexity index is 615. The summed E-state index contributed by atoms with van der Waals surface area (Å²) in [6.45, 7) is 3.84. The molecule has 0 radical (unpaired) electrons. The zero-order valence-electron chi connectivity index (χ0n) is 15.7. The number of likely N-dealkylation sites (N-methyl/N-ethyl adjacent to an activating group) is 1. The van der Waals surface area contributed by atoms with Gasteiger partial charge >= 0.3 is 0 Å². The third-order valence-electron chi connectivity index (χ3n) is 6.17. The van der Waals surface area contributed by atoms with Crippen LogP contribution in [-0.2, 0) is 11.3 Å². The van der Waals surface area contributed by atoms with Gasteiger partial charge in [-0.15, -0.1) is 24.8 Å². The van der Waals surface area contributed by atoms with E-state index in [4.69, 9.17) is 0 Å². The van der Waals surface area contributed by atoms with Crippen LogP contribution in [-0.4, -0.2) is 42.5 Å². The molecular formula is C20H31Cl2N3O. The average molecular weight is 400 g/mol. The van der Waals surface area contributed by atoms with Crippen LogP contribution in [0.3, 0.4) is 0 Å². The summed E-state index contributed by atoms with van der Waals surface area (Å²) >= 11 is 0. The predicted octanol–water partition coefficient (Wildman–Crippen LogP) is 3.62. The molecule has 0 saturated carbocycles. The van der Waals surface area contributed by atoms with Crippen LogP contribution in [0.25, 0.3) is 0 Å². The molecule has 1 amide bonds. The lowest BCUT2D eigenvalue weighted by atomic mass is 9.89. The second kappa shape index (κ2) is 8.81. The van der Waals surface area contributed by atoms with Crippen molar-refractivity contribution >= 4 is 36.4 Å². The third kappa shape index (κ3) is 4.29. The minimum Gasteiger partial charge on any atom is -0.372 e. The lowest BCUT2D eigenvalue weighted by Gasteiger charge is -2.33. The zero-order chi connectivity index (χ0) is 16.7. The van der Waals surface area contributed by atoms with Crippen LogP contribution in [0, 0.1) is 5.92 Å². The Hall–Kier alpha value is -0.970. The standard InChI is InChI=1S/C20H29N3O.2ClH/c1-14-12-22(2)19-6-4-3-5-16(19)13-23(14)20(24)11-15-9-17-7-8-18(10-15)21-17;;/h3-6,14-15,17-18,21H,7-13H2,1-2H3;2*1H. The van der Waals surface area contributed by atoms with Crippen molar-refractivity contribution in [2.24, 2.45) is 5.92 Å². The molecule has 3 heterocycles. The molecule has 3 aliphatic heterocycles. The van der Waals surface area contributed by atoms with Gasteiger partial charge in [-0.1, -0.05) is 18.2 Å². The number of nitrogens with one attached hydrogen (secondary N) is 1. The molecule has 1 aromatic carbocycles. The minimum atomic E-state index is 0. The lowest BCUT2D eigenvalue weighted by Crippen LogP contribution is -2.44. The number of para-hydroxylation sites is 1. The predicted molar refractivity (Wildman–Crippen MR) is 112 cm³/mol. The second-order valence-electron chi connectivity index (χ2n) is 8.06. The zero-order valence-corrected chi connectivity index (χ0v) is 17.3. The van der Waals surface area contributed by atoms with E-state index >= 15 is 0 Å². The number of hydrogen-bond acceptors (Lipinski definition) is 3. The first-order valence-corrected chi connectivity index (χ1v) is 9.44. The van der Waals surface area contributed by atoms with Gasteiger partial charge in [0.05, 0.1) is 0 Å². The largest absolute Gasteiger partial charge is 0.372 e. The average Bonchev–Trinajstić information content (AvgIpc) is 2.84. The Morgan fingerprint density at radius 1 is 1.15 bits per heavy atom. The van der Waals surface area contributed by atoms with Gasteiger partial charge in [0.25, 0.3) is 0 Å². The van der Waals surface area contributed by atoms with Crippen molar-refractivity contribution in [3.8, 4) is 0 Å². The summed E-state index contributed by atoms with van der Waals surface area (Å²) in [6.07, 6.45) is 5.69. The fourth-order valence-electron chi connectivity index (χ4n) is 4.99. The van der Waals surface area contributed by atoms with Gasteiger partial charge in [-0.05, 0) is 50.2 Å². The summed E-state index contributed by atoms with van der Waals surface area (Å²) in [6, 6.07) is 10.1. The van der Waals surface area contributed by atoms with Crippen molar-refractivity contribution in [3.63, 3.8) is 0 Å². The quantitative estimate of drug-likeness (QED) is 0.824. The molecule has 6 heteroatoms. The number of piperidine rings is 1. The number of benzene rings is 1. The van der Waals surface area contributed by atoms with E-state index in [1.165, 1.54) is 36.9 Å². The summed E-state index contributed by atoms with van der Waals surface area (Å²) in [5, 5.41) is 3.68. The molecule has 4 nitrogen and oxygen atoms in total. The van der Waals surface area contributed by atoms with Crippen molar-refractivity contribution in [2.75, 3.05) is 18.5 Å². The summed E-state index contributed by atoms with van der Waals surface area (Å²) in [5.41, 5.74) is 2.53. The number of amides is 1. The van der Waals surface area contributed by atoms with Crippen molar-refractivity contribution in [2.45, 2.75) is 63.7 Å². The van der Waals surface area contributed by atoms with E-state index in [2.05, 4.69) is 53.4 Å². The number of carbonyl (C=O) groups excluding carboxylic acids is 1. The smallest absolute Gasteiger partial charge is 0.223 e. The third-order valence-corrected chi connectivity index (χ3v) is 6.17. The second-order valence-corrected chi connectivity index (χ2v) is 8.06. The molecule has 0 aromatic heterocycles. The van der Waals surface area contributed by atoms with E-state index in [0.717, 1.165) is 19.5 Å². The maximum absolute atomic E-state index is 13.1. The van der Waals surface area contributed by atoms with Crippen molar-refractivity contribution in [1.29, 1.82) is 0 Å². The SMILES string of the molecule is CC1CN(C)c2ccccc2CN1C(=O)CC1CC2CCC(C1)N2.Cl.Cl. The fraction of sp³-hybridized carbons (Fsp3) is 0.650. The molecule has 3 aliphatic rings. The Morgan fingerprint density at radius 3 is 2.50 bits per heavy atom. The summed E-state index contributed by atoms with van der Waals surface area (Å²) in [7, 11) is 2.13.